The van der Waals surface area contributed by atoms with Crippen LogP contribution in [0.15, 0.2) is 30.3 Å². The lowest BCUT2D eigenvalue weighted by atomic mass is 10.2. The van der Waals surface area contributed by atoms with Gasteiger partial charge < -0.3 is 0 Å². The number of hydrogen-bond acceptors (Lipinski definition) is 3. The molecule has 0 aliphatic rings. The average Bonchev–Trinajstić information content (AvgIpc) is 2.16. The molecule has 0 fully saturated rings. The van der Waals surface area contributed by atoms with Crippen molar-refractivity contribution in [1.29, 1.82) is 0 Å². The van der Waals surface area contributed by atoms with Crippen molar-refractivity contribution >= 4 is 8.25 Å². The lowest BCUT2D eigenvalue weighted by Gasteiger charge is -1.91. The molecule has 0 radical (unpaired) electrons. The number of halogens is 1. The Hall–Kier alpha value is -0.830. The summed E-state index contributed by atoms with van der Waals surface area (Å²) in [7, 11) is -2.62. The fourth-order valence-electron chi connectivity index (χ4n) is 0.721. The normalized spacial score (nSPS) is 11.2. The van der Waals surface area contributed by atoms with Crippen molar-refractivity contribution in [2.45, 2.75) is 6.61 Å². The monoisotopic (exact) mass is 189 g/mol. The molecule has 1 atom stereocenters. The molecule has 1 aromatic carbocycles. The van der Waals surface area contributed by atoms with Gasteiger partial charge in [0.2, 0.25) is 0 Å². The van der Waals surface area contributed by atoms with E-state index in [-0.39, 0.29) is 6.61 Å². The predicted molar refractivity (Wildman–Crippen MR) is 41.0 cm³/mol. The minimum atomic E-state index is -2.62. The largest absolute Gasteiger partial charge is 0.733 e. The van der Waals surface area contributed by atoms with Crippen molar-refractivity contribution in [1.82, 2.24) is 0 Å². The van der Waals surface area contributed by atoms with Crippen molar-refractivity contribution in [2.75, 3.05) is 0 Å². The molecule has 3 nitrogen and oxygen atoms in total. The first-order valence-corrected chi connectivity index (χ1v) is 4.35. The van der Waals surface area contributed by atoms with E-state index >= 15 is 0 Å². The lowest BCUT2D eigenvalue weighted by Crippen LogP contribution is -1.84. The van der Waals surface area contributed by atoms with Gasteiger partial charge in [-0.25, -0.2) is 0 Å². The summed E-state index contributed by atoms with van der Waals surface area (Å²) in [6.45, 7) is 0.0833. The van der Waals surface area contributed by atoms with Crippen molar-refractivity contribution in [3.63, 3.8) is 0 Å². The predicted octanol–water partition coefficient (Wildman–Crippen LogP) is 2.76. The van der Waals surface area contributed by atoms with Crippen LogP contribution < -0.4 is 0 Å². The van der Waals surface area contributed by atoms with Gasteiger partial charge in [-0.2, -0.15) is 0 Å². The zero-order valence-electron chi connectivity index (χ0n) is 6.14. The highest BCUT2D eigenvalue weighted by Crippen LogP contribution is 2.25. The first-order valence-electron chi connectivity index (χ1n) is 3.25. The summed E-state index contributed by atoms with van der Waals surface area (Å²) in [6, 6.07) is 9.02. The second kappa shape index (κ2) is 4.93. The molecule has 0 amide bonds. The van der Waals surface area contributed by atoms with Crippen LogP contribution in [0.3, 0.4) is 0 Å². The molecule has 12 heavy (non-hydrogen) atoms. The summed E-state index contributed by atoms with van der Waals surface area (Å²) in [5.41, 5.74) is 0.818. The van der Waals surface area contributed by atoms with E-state index in [0.717, 1.165) is 5.56 Å². The van der Waals surface area contributed by atoms with Crippen molar-refractivity contribution in [3.8, 4) is 0 Å². The fraction of sp³-hybridized carbons (Fsp3) is 0.143. The van der Waals surface area contributed by atoms with Gasteiger partial charge in [0.15, 0.2) is 0 Å². The van der Waals surface area contributed by atoms with Gasteiger partial charge in [-0.3, -0.25) is 0 Å². The third kappa shape index (κ3) is 3.05. The molecule has 0 saturated carbocycles. The van der Waals surface area contributed by atoms with Crippen LogP contribution in [-0.2, 0) is 20.4 Å². The van der Waals surface area contributed by atoms with Crippen LogP contribution in [-0.4, -0.2) is 0 Å². The maximum Gasteiger partial charge on any atom is 0.733 e. The molecule has 1 rings (SSSR count). The summed E-state index contributed by atoms with van der Waals surface area (Å²) in [6.07, 6.45) is 0. The zero-order valence-corrected chi connectivity index (χ0v) is 7.04. The molecule has 0 aliphatic heterocycles. The minimum absolute atomic E-state index is 0.0833. The molecule has 0 saturated heterocycles. The Morgan fingerprint density at radius 1 is 1.33 bits per heavy atom. The Kier molecular flexibility index (Phi) is 3.80. The zero-order chi connectivity index (χ0) is 8.81. The fourth-order valence-corrected chi connectivity index (χ4v) is 1.02. The third-order valence-electron chi connectivity index (χ3n) is 1.24. The first kappa shape index (κ1) is 9.26. The molecule has 0 bridgehead atoms. The summed E-state index contributed by atoms with van der Waals surface area (Å²) < 4.78 is 28.9. The van der Waals surface area contributed by atoms with Gasteiger partial charge in [-0.1, -0.05) is 30.3 Å². The van der Waals surface area contributed by atoms with Crippen LogP contribution in [0.5, 0.6) is 0 Å². The highest BCUT2D eigenvalue weighted by molar-refractivity contribution is 7.33. The highest BCUT2D eigenvalue weighted by atomic mass is 31.1. The maximum absolute atomic E-state index is 11.2. The van der Waals surface area contributed by atoms with E-state index in [1.807, 2.05) is 18.2 Å². The second-order valence-corrected chi connectivity index (χ2v) is 2.90. The molecule has 5 heteroatoms. The van der Waals surface area contributed by atoms with E-state index in [4.69, 9.17) is 0 Å². The first-order chi connectivity index (χ1) is 5.83. The van der Waals surface area contributed by atoms with E-state index in [1.165, 1.54) is 0 Å². The van der Waals surface area contributed by atoms with Gasteiger partial charge in [0.1, 0.15) is 11.3 Å². The summed E-state index contributed by atoms with van der Waals surface area (Å²) in [5.74, 6) is 0. The van der Waals surface area contributed by atoms with Crippen LogP contribution in [0.4, 0.5) is 4.53 Å². The van der Waals surface area contributed by atoms with E-state index in [0.29, 0.717) is 0 Å². The standard InChI is InChI=1S/C7H7FO3P/c8-11-12(9)10-6-7-4-2-1-3-5-7/h1-5H,6H2/q+1. The molecular weight excluding hydrogens is 182 g/mol. The van der Waals surface area contributed by atoms with Crippen molar-refractivity contribution in [2.24, 2.45) is 0 Å². The molecule has 0 spiro atoms. The van der Waals surface area contributed by atoms with E-state index in [2.05, 4.69) is 9.25 Å². The number of rotatable bonds is 4. The molecule has 64 valence electrons. The number of benzene rings is 1. The molecule has 0 heterocycles. The molecule has 0 aliphatic carbocycles. The van der Waals surface area contributed by atoms with Gasteiger partial charge in [0.05, 0.1) is 0 Å². The quantitative estimate of drug-likeness (QED) is 0.683. The number of hydrogen-bond donors (Lipinski definition) is 0. The molecule has 0 N–H and O–H groups in total. The highest BCUT2D eigenvalue weighted by Gasteiger charge is 2.20. The molecule has 0 aromatic heterocycles. The van der Waals surface area contributed by atoms with Gasteiger partial charge in [-0.15, -0.1) is 4.52 Å². The van der Waals surface area contributed by atoms with Crippen LogP contribution in [0, 0.1) is 0 Å². The van der Waals surface area contributed by atoms with Crippen LogP contribution in [0.2, 0.25) is 0 Å². The Morgan fingerprint density at radius 3 is 2.58 bits per heavy atom. The summed E-state index contributed by atoms with van der Waals surface area (Å²) in [5, 5.41) is 0. The Morgan fingerprint density at radius 2 is 2.00 bits per heavy atom. The molecular formula is C7H7FO3P+. The van der Waals surface area contributed by atoms with E-state index < -0.39 is 8.25 Å². The van der Waals surface area contributed by atoms with Gasteiger partial charge in [-0.05, 0) is 5.56 Å². The Labute approximate surface area is 70.0 Å². The van der Waals surface area contributed by atoms with Crippen LogP contribution in [0.25, 0.3) is 0 Å². The molecule has 1 unspecified atom stereocenters. The minimum Gasteiger partial charge on any atom is -0.112 e. The third-order valence-corrected chi connectivity index (χ3v) is 1.69. The Balaban J connectivity index is 2.38. The van der Waals surface area contributed by atoms with E-state index in [9.17, 15) is 9.09 Å². The summed E-state index contributed by atoms with van der Waals surface area (Å²) in [4.78, 5) is 0. The van der Waals surface area contributed by atoms with Crippen LogP contribution in [0.1, 0.15) is 5.56 Å². The van der Waals surface area contributed by atoms with Crippen LogP contribution >= 0.6 is 8.25 Å². The lowest BCUT2D eigenvalue weighted by molar-refractivity contribution is -0.0171. The SMILES string of the molecule is O=[P+](OF)OCc1ccccc1. The van der Waals surface area contributed by atoms with Gasteiger partial charge >= 0.3 is 8.25 Å². The smallest absolute Gasteiger partial charge is 0.112 e. The van der Waals surface area contributed by atoms with Crippen molar-refractivity contribution in [3.05, 3.63) is 35.9 Å². The average molecular weight is 189 g/mol. The maximum atomic E-state index is 11.2. The van der Waals surface area contributed by atoms with Gasteiger partial charge in [0, 0.05) is 9.09 Å². The van der Waals surface area contributed by atoms with Gasteiger partial charge in [0.25, 0.3) is 0 Å². The van der Waals surface area contributed by atoms with Crippen molar-refractivity contribution < 1.29 is 18.3 Å². The molecule has 1 aromatic rings. The Bertz CT molecular complexity index is 252. The van der Waals surface area contributed by atoms with E-state index in [1.54, 1.807) is 12.1 Å². The topological polar surface area (TPSA) is 35.5 Å². The second-order valence-electron chi connectivity index (χ2n) is 2.05. The summed E-state index contributed by atoms with van der Waals surface area (Å²) >= 11 is 0.